The van der Waals surface area contributed by atoms with Crippen LogP contribution in [0.15, 0.2) is 76.0 Å². The molecular formula is C22H17FN2O3S. The Labute approximate surface area is 170 Å². The Bertz CT molecular complexity index is 1140. The average Bonchev–Trinajstić information content (AvgIpc) is 3.23. The lowest BCUT2D eigenvalue weighted by Crippen LogP contribution is -2.11. The van der Waals surface area contributed by atoms with Crippen LogP contribution < -0.4 is 0 Å². The topological polar surface area (TPSA) is 65.2 Å². The zero-order chi connectivity index (χ0) is 20.2. The Kier molecular flexibility index (Phi) is 5.57. The SMILES string of the molecule is C[C@@H](OC(=O)CSc1ccc2ccccc2c1)c1nnc(-c2ccc(F)cc2)o1. The standard InChI is InChI=1S/C22H17FN2O3S/c1-14(21-24-25-22(28-21)16-6-9-18(23)10-7-16)27-20(26)13-29-19-11-8-15-4-2-3-5-17(15)12-19/h2-12,14H,13H2,1H3/t14-/m1/s1. The molecule has 0 N–H and O–H groups in total. The molecule has 0 radical (unpaired) electrons. The monoisotopic (exact) mass is 408 g/mol. The fourth-order valence-corrected chi connectivity index (χ4v) is 3.52. The highest BCUT2D eigenvalue weighted by molar-refractivity contribution is 8.00. The third kappa shape index (κ3) is 4.63. The van der Waals surface area contributed by atoms with Crippen molar-refractivity contribution in [1.29, 1.82) is 0 Å². The number of ether oxygens (including phenoxy) is 1. The van der Waals surface area contributed by atoms with Gasteiger partial charge in [-0.25, -0.2) is 4.39 Å². The van der Waals surface area contributed by atoms with E-state index in [0.29, 0.717) is 5.56 Å². The molecule has 0 aliphatic carbocycles. The molecule has 29 heavy (non-hydrogen) atoms. The van der Waals surface area contributed by atoms with Crippen LogP contribution in [0.1, 0.15) is 18.9 Å². The number of benzene rings is 3. The van der Waals surface area contributed by atoms with E-state index in [9.17, 15) is 9.18 Å². The molecule has 1 heterocycles. The number of fused-ring (bicyclic) bond motifs is 1. The van der Waals surface area contributed by atoms with Crippen molar-refractivity contribution in [1.82, 2.24) is 10.2 Å². The number of nitrogens with zero attached hydrogens (tertiary/aromatic N) is 2. The molecule has 3 aromatic carbocycles. The van der Waals surface area contributed by atoms with E-state index in [-0.39, 0.29) is 29.3 Å². The van der Waals surface area contributed by atoms with Crippen LogP contribution in [-0.4, -0.2) is 21.9 Å². The van der Waals surface area contributed by atoms with E-state index in [2.05, 4.69) is 10.2 Å². The molecule has 0 aliphatic rings. The van der Waals surface area contributed by atoms with Crippen LogP contribution in [0.5, 0.6) is 0 Å². The first-order valence-corrected chi connectivity index (χ1v) is 9.97. The van der Waals surface area contributed by atoms with Gasteiger partial charge in [-0.1, -0.05) is 30.3 Å². The average molecular weight is 408 g/mol. The van der Waals surface area contributed by atoms with Crippen molar-refractivity contribution in [2.24, 2.45) is 0 Å². The molecule has 146 valence electrons. The Balaban J connectivity index is 1.35. The molecule has 0 saturated heterocycles. The Hall–Kier alpha value is -3.19. The van der Waals surface area contributed by atoms with Crippen molar-refractivity contribution in [3.05, 3.63) is 78.4 Å². The first-order chi connectivity index (χ1) is 14.1. The maximum atomic E-state index is 13.0. The molecule has 7 heteroatoms. The highest BCUT2D eigenvalue weighted by atomic mass is 32.2. The van der Waals surface area contributed by atoms with Crippen molar-refractivity contribution in [2.45, 2.75) is 17.9 Å². The molecule has 0 amide bonds. The quantitative estimate of drug-likeness (QED) is 0.313. The van der Waals surface area contributed by atoms with E-state index in [1.807, 2.05) is 42.5 Å². The van der Waals surface area contributed by atoms with Gasteiger partial charge in [0, 0.05) is 10.5 Å². The van der Waals surface area contributed by atoms with Crippen LogP contribution in [-0.2, 0) is 9.53 Å². The first kappa shape index (κ1) is 19.1. The number of halogens is 1. The Morgan fingerprint density at radius 2 is 1.83 bits per heavy atom. The number of aromatic nitrogens is 2. The van der Waals surface area contributed by atoms with Crippen molar-refractivity contribution in [3.63, 3.8) is 0 Å². The van der Waals surface area contributed by atoms with Crippen LogP contribution in [0.2, 0.25) is 0 Å². The minimum absolute atomic E-state index is 0.168. The zero-order valence-electron chi connectivity index (χ0n) is 15.5. The van der Waals surface area contributed by atoms with Crippen LogP contribution in [0.3, 0.4) is 0 Å². The molecule has 0 unspecified atom stereocenters. The smallest absolute Gasteiger partial charge is 0.317 e. The van der Waals surface area contributed by atoms with E-state index in [1.54, 1.807) is 19.1 Å². The summed E-state index contributed by atoms with van der Waals surface area (Å²) in [5, 5.41) is 10.1. The summed E-state index contributed by atoms with van der Waals surface area (Å²) in [6, 6.07) is 19.8. The highest BCUT2D eigenvalue weighted by Crippen LogP contribution is 2.26. The van der Waals surface area contributed by atoms with Crippen LogP contribution in [0.4, 0.5) is 4.39 Å². The summed E-state index contributed by atoms with van der Waals surface area (Å²) in [7, 11) is 0. The first-order valence-electron chi connectivity index (χ1n) is 8.99. The largest absolute Gasteiger partial charge is 0.452 e. The van der Waals surface area contributed by atoms with Crippen LogP contribution in [0, 0.1) is 5.82 Å². The van der Waals surface area contributed by atoms with Crippen molar-refractivity contribution >= 4 is 28.5 Å². The minimum Gasteiger partial charge on any atom is -0.452 e. The molecule has 0 aliphatic heterocycles. The van der Waals surface area contributed by atoms with E-state index < -0.39 is 6.10 Å². The van der Waals surface area contributed by atoms with Gasteiger partial charge in [0.1, 0.15) is 5.82 Å². The van der Waals surface area contributed by atoms with Gasteiger partial charge in [-0.05, 0) is 54.1 Å². The van der Waals surface area contributed by atoms with Crippen molar-refractivity contribution in [2.75, 3.05) is 5.75 Å². The second kappa shape index (κ2) is 8.45. The van der Waals surface area contributed by atoms with Gasteiger partial charge in [0.15, 0.2) is 6.10 Å². The Morgan fingerprint density at radius 3 is 2.62 bits per heavy atom. The van der Waals surface area contributed by atoms with Crippen LogP contribution >= 0.6 is 11.8 Å². The molecule has 0 fully saturated rings. The van der Waals surface area contributed by atoms with Gasteiger partial charge in [0.25, 0.3) is 5.89 Å². The van der Waals surface area contributed by atoms with Crippen molar-refractivity contribution in [3.8, 4) is 11.5 Å². The number of carbonyl (C=O) groups is 1. The summed E-state index contributed by atoms with van der Waals surface area (Å²) in [6.07, 6.45) is -0.679. The van der Waals surface area contributed by atoms with Gasteiger partial charge in [0.05, 0.1) is 5.75 Å². The molecule has 1 atom stereocenters. The molecule has 0 saturated carbocycles. The lowest BCUT2D eigenvalue weighted by Gasteiger charge is -2.09. The van der Waals surface area contributed by atoms with Gasteiger partial charge in [0.2, 0.25) is 5.89 Å². The molecule has 5 nitrogen and oxygen atoms in total. The third-order valence-corrected chi connectivity index (χ3v) is 5.23. The van der Waals surface area contributed by atoms with Gasteiger partial charge in [-0.15, -0.1) is 22.0 Å². The summed E-state index contributed by atoms with van der Waals surface area (Å²) in [4.78, 5) is 13.2. The van der Waals surface area contributed by atoms with E-state index in [1.165, 1.54) is 23.9 Å². The van der Waals surface area contributed by atoms with E-state index in [4.69, 9.17) is 9.15 Å². The van der Waals surface area contributed by atoms with Gasteiger partial charge < -0.3 is 9.15 Å². The molecule has 0 spiro atoms. The Morgan fingerprint density at radius 1 is 1.07 bits per heavy atom. The summed E-state index contributed by atoms with van der Waals surface area (Å²) < 4.78 is 24.0. The third-order valence-electron chi connectivity index (χ3n) is 4.27. The predicted octanol–water partition coefficient (Wildman–Crippen LogP) is 5.43. The summed E-state index contributed by atoms with van der Waals surface area (Å²) in [5.74, 6) is -0.125. The number of rotatable bonds is 6. The summed E-state index contributed by atoms with van der Waals surface area (Å²) in [6.45, 7) is 1.67. The summed E-state index contributed by atoms with van der Waals surface area (Å²) >= 11 is 1.41. The predicted molar refractivity (Wildman–Crippen MR) is 109 cm³/mol. The van der Waals surface area contributed by atoms with E-state index >= 15 is 0 Å². The number of hydrogen-bond donors (Lipinski definition) is 0. The minimum atomic E-state index is -0.679. The fourth-order valence-electron chi connectivity index (χ4n) is 2.79. The molecular weight excluding hydrogens is 391 g/mol. The molecule has 1 aromatic heterocycles. The number of thioether (sulfide) groups is 1. The van der Waals surface area contributed by atoms with Gasteiger partial charge in [-0.3, -0.25) is 4.79 Å². The summed E-state index contributed by atoms with van der Waals surface area (Å²) in [5.41, 5.74) is 0.593. The lowest BCUT2D eigenvalue weighted by atomic mass is 10.1. The second-order valence-electron chi connectivity index (χ2n) is 6.38. The lowest BCUT2D eigenvalue weighted by molar-refractivity contribution is -0.146. The van der Waals surface area contributed by atoms with Gasteiger partial charge >= 0.3 is 5.97 Å². The van der Waals surface area contributed by atoms with E-state index in [0.717, 1.165) is 15.7 Å². The maximum absolute atomic E-state index is 13.0. The number of carbonyl (C=O) groups excluding carboxylic acids is 1. The molecule has 0 bridgehead atoms. The molecule has 4 rings (SSSR count). The fraction of sp³-hybridized carbons (Fsp3) is 0.136. The maximum Gasteiger partial charge on any atom is 0.317 e. The van der Waals surface area contributed by atoms with Crippen molar-refractivity contribution < 1.29 is 18.3 Å². The number of hydrogen-bond acceptors (Lipinski definition) is 6. The highest BCUT2D eigenvalue weighted by Gasteiger charge is 2.19. The number of esters is 1. The molecule has 4 aromatic rings. The zero-order valence-corrected chi connectivity index (χ0v) is 16.4. The normalized spacial score (nSPS) is 12.1. The van der Waals surface area contributed by atoms with Gasteiger partial charge in [-0.2, -0.15) is 0 Å². The second-order valence-corrected chi connectivity index (χ2v) is 7.43. The van der Waals surface area contributed by atoms with Crippen LogP contribution in [0.25, 0.3) is 22.2 Å².